The van der Waals surface area contributed by atoms with Crippen LogP contribution in [0.15, 0.2) is 15.3 Å². The standard InChI is InChI=1S/C20H24ClNO3/c1-12-5-4-8-22(10-12)11-16-18(23)17(21)9-15-13-6-2-3-7-14(13)20(24)25-19(15)16/h9,12,23H,2-8,10-11H2,1H3. The molecule has 4 nitrogen and oxygen atoms in total. The molecule has 134 valence electrons. The van der Waals surface area contributed by atoms with Gasteiger partial charge in [-0.3, -0.25) is 4.90 Å². The Hall–Kier alpha value is -1.52. The second-order valence-corrected chi connectivity index (χ2v) is 8.01. The smallest absolute Gasteiger partial charge is 0.339 e. The molecule has 0 bridgehead atoms. The molecule has 1 aromatic carbocycles. The Morgan fingerprint density at radius 1 is 1.28 bits per heavy atom. The van der Waals surface area contributed by atoms with Gasteiger partial charge in [0.15, 0.2) is 0 Å². The quantitative estimate of drug-likeness (QED) is 0.812. The van der Waals surface area contributed by atoms with Gasteiger partial charge in [0.1, 0.15) is 11.3 Å². The maximum atomic E-state index is 12.5. The molecule has 1 unspecified atom stereocenters. The van der Waals surface area contributed by atoms with Gasteiger partial charge in [-0.15, -0.1) is 0 Å². The summed E-state index contributed by atoms with van der Waals surface area (Å²) in [6.45, 7) is 4.79. The highest BCUT2D eigenvalue weighted by molar-refractivity contribution is 6.33. The van der Waals surface area contributed by atoms with Crippen LogP contribution < -0.4 is 5.63 Å². The Morgan fingerprint density at radius 2 is 2.04 bits per heavy atom. The van der Waals surface area contributed by atoms with Crippen LogP contribution in [0.3, 0.4) is 0 Å². The van der Waals surface area contributed by atoms with Gasteiger partial charge in [-0.2, -0.15) is 0 Å². The molecular formula is C20H24ClNO3. The lowest BCUT2D eigenvalue weighted by Crippen LogP contribution is -2.33. The summed E-state index contributed by atoms with van der Waals surface area (Å²) in [5.74, 6) is 0.687. The summed E-state index contributed by atoms with van der Waals surface area (Å²) in [5, 5.41) is 11.8. The van der Waals surface area contributed by atoms with Crippen LogP contribution in [-0.2, 0) is 19.4 Å². The summed E-state index contributed by atoms with van der Waals surface area (Å²) in [4.78, 5) is 14.8. The fourth-order valence-electron chi connectivity index (χ4n) is 4.40. The van der Waals surface area contributed by atoms with Crippen LogP contribution in [0.4, 0.5) is 0 Å². The highest BCUT2D eigenvalue weighted by atomic mass is 35.5. The molecule has 1 aliphatic heterocycles. The van der Waals surface area contributed by atoms with E-state index in [0.717, 1.165) is 61.7 Å². The second kappa shape index (κ2) is 6.65. The number of nitrogens with zero attached hydrogens (tertiary/aromatic N) is 1. The molecule has 1 saturated heterocycles. The third kappa shape index (κ3) is 3.06. The van der Waals surface area contributed by atoms with Crippen molar-refractivity contribution in [1.29, 1.82) is 0 Å². The molecule has 0 radical (unpaired) electrons. The molecule has 25 heavy (non-hydrogen) atoms. The number of piperidine rings is 1. The molecule has 0 amide bonds. The number of phenols is 1. The average Bonchev–Trinajstić information content (AvgIpc) is 2.60. The summed E-state index contributed by atoms with van der Waals surface area (Å²) in [5.41, 5.74) is 2.77. The predicted molar refractivity (Wildman–Crippen MR) is 99.5 cm³/mol. The first-order valence-electron chi connectivity index (χ1n) is 9.26. The van der Waals surface area contributed by atoms with E-state index in [9.17, 15) is 9.90 Å². The molecule has 4 rings (SSSR count). The van der Waals surface area contributed by atoms with Gasteiger partial charge in [0.25, 0.3) is 0 Å². The Bertz CT molecular complexity index is 874. The summed E-state index contributed by atoms with van der Waals surface area (Å²) in [7, 11) is 0. The minimum atomic E-state index is -0.253. The predicted octanol–water partition coefficient (Wildman–Crippen LogP) is 4.26. The van der Waals surface area contributed by atoms with Crippen LogP contribution in [-0.4, -0.2) is 23.1 Å². The molecule has 2 heterocycles. The number of hydrogen-bond acceptors (Lipinski definition) is 4. The highest BCUT2D eigenvalue weighted by Crippen LogP contribution is 2.38. The van der Waals surface area contributed by atoms with Crippen LogP contribution >= 0.6 is 11.6 Å². The monoisotopic (exact) mass is 361 g/mol. The summed E-state index contributed by atoms with van der Waals surface area (Å²) in [6.07, 6.45) is 6.13. The second-order valence-electron chi connectivity index (χ2n) is 7.60. The van der Waals surface area contributed by atoms with Crippen molar-refractivity contribution in [3.05, 3.63) is 38.2 Å². The van der Waals surface area contributed by atoms with Gasteiger partial charge in [0.05, 0.1) is 10.6 Å². The van der Waals surface area contributed by atoms with Gasteiger partial charge >= 0.3 is 5.63 Å². The number of aromatic hydroxyl groups is 1. The number of likely N-dealkylation sites (tertiary alicyclic amines) is 1. The van der Waals surface area contributed by atoms with Crippen molar-refractivity contribution in [2.45, 2.75) is 52.0 Å². The summed E-state index contributed by atoms with van der Waals surface area (Å²) >= 11 is 6.33. The van der Waals surface area contributed by atoms with E-state index in [1.807, 2.05) is 0 Å². The fraction of sp³-hybridized carbons (Fsp3) is 0.550. The molecule has 5 heteroatoms. The van der Waals surface area contributed by atoms with Crippen molar-refractivity contribution in [2.75, 3.05) is 13.1 Å². The zero-order valence-electron chi connectivity index (χ0n) is 14.6. The van der Waals surface area contributed by atoms with E-state index in [2.05, 4.69) is 11.8 Å². The third-order valence-electron chi connectivity index (χ3n) is 5.66. The normalized spacial score (nSPS) is 21.4. The Morgan fingerprint density at radius 3 is 2.80 bits per heavy atom. The van der Waals surface area contributed by atoms with Crippen LogP contribution in [0.5, 0.6) is 5.75 Å². The maximum Gasteiger partial charge on any atom is 0.339 e. The molecule has 1 aromatic heterocycles. The number of phenolic OH excluding ortho intramolecular Hbond substituents is 1. The molecule has 1 fully saturated rings. The molecule has 1 N–H and O–H groups in total. The molecule has 1 aliphatic carbocycles. The van der Waals surface area contributed by atoms with Gasteiger partial charge in [0.2, 0.25) is 0 Å². The largest absolute Gasteiger partial charge is 0.506 e. The van der Waals surface area contributed by atoms with Crippen molar-refractivity contribution in [2.24, 2.45) is 5.92 Å². The lowest BCUT2D eigenvalue weighted by Gasteiger charge is -2.31. The van der Waals surface area contributed by atoms with E-state index in [-0.39, 0.29) is 11.4 Å². The van der Waals surface area contributed by atoms with Gasteiger partial charge < -0.3 is 9.52 Å². The fourth-order valence-corrected chi connectivity index (χ4v) is 4.62. The van der Waals surface area contributed by atoms with E-state index in [1.165, 1.54) is 6.42 Å². The first kappa shape index (κ1) is 16.9. The molecule has 2 aromatic rings. The zero-order valence-corrected chi connectivity index (χ0v) is 15.4. The maximum absolute atomic E-state index is 12.5. The van der Waals surface area contributed by atoms with E-state index >= 15 is 0 Å². The summed E-state index contributed by atoms with van der Waals surface area (Å²) < 4.78 is 5.69. The summed E-state index contributed by atoms with van der Waals surface area (Å²) in [6, 6.07) is 1.77. The molecular weight excluding hydrogens is 338 g/mol. The number of benzene rings is 1. The number of fused-ring (bicyclic) bond motifs is 3. The van der Waals surface area contributed by atoms with Crippen LogP contribution in [0.25, 0.3) is 11.0 Å². The minimum absolute atomic E-state index is 0.0475. The molecule has 1 atom stereocenters. The zero-order chi connectivity index (χ0) is 17.6. The van der Waals surface area contributed by atoms with Crippen molar-refractivity contribution in [1.82, 2.24) is 4.90 Å². The Balaban J connectivity index is 1.86. The Kier molecular flexibility index (Phi) is 4.50. The first-order valence-corrected chi connectivity index (χ1v) is 9.63. The SMILES string of the molecule is CC1CCCN(Cc2c(O)c(Cl)cc3c4c(c(=O)oc23)CCCC4)C1. The molecule has 2 aliphatic rings. The van der Waals surface area contributed by atoms with Crippen molar-refractivity contribution in [3.63, 3.8) is 0 Å². The van der Waals surface area contributed by atoms with Gasteiger partial charge in [-0.1, -0.05) is 18.5 Å². The highest BCUT2D eigenvalue weighted by Gasteiger charge is 2.25. The lowest BCUT2D eigenvalue weighted by molar-refractivity contribution is 0.175. The van der Waals surface area contributed by atoms with Gasteiger partial charge in [0, 0.05) is 24.0 Å². The number of halogens is 1. The number of aryl methyl sites for hydroxylation is 1. The van der Waals surface area contributed by atoms with Crippen molar-refractivity contribution in [3.8, 4) is 5.75 Å². The van der Waals surface area contributed by atoms with Gasteiger partial charge in [-0.05, 0) is 62.6 Å². The van der Waals surface area contributed by atoms with E-state index in [1.54, 1.807) is 6.07 Å². The minimum Gasteiger partial charge on any atom is -0.506 e. The lowest BCUT2D eigenvalue weighted by atomic mass is 9.89. The van der Waals surface area contributed by atoms with E-state index in [0.29, 0.717) is 28.6 Å². The van der Waals surface area contributed by atoms with Crippen LogP contribution in [0.1, 0.15) is 49.3 Å². The van der Waals surface area contributed by atoms with Gasteiger partial charge in [-0.25, -0.2) is 4.79 Å². The number of hydrogen-bond donors (Lipinski definition) is 1. The van der Waals surface area contributed by atoms with Crippen LogP contribution in [0.2, 0.25) is 5.02 Å². The van der Waals surface area contributed by atoms with E-state index in [4.69, 9.17) is 16.0 Å². The van der Waals surface area contributed by atoms with E-state index < -0.39 is 0 Å². The van der Waals surface area contributed by atoms with Crippen molar-refractivity contribution >= 4 is 22.6 Å². The van der Waals surface area contributed by atoms with Crippen LogP contribution in [0, 0.1) is 5.92 Å². The third-order valence-corrected chi connectivity index (χ3v) is 5.95. The number of rotatable bonds is 2. The molecule has 0 saturated carbocycles. The first-order chi connectivity index (χ1) is 12.0. The van der Waals surface area contributed by atoms with Crippen molar-refractivity contribution < 1.29 is 9.52 Å². The molecule has 0 spiro atoms. The topological polar surface area (TPSA) is 53.7 Å². The Labute approximate surface area is 152 Å². The average molecular weight is 362 g/mol.